The van der Waals surface area contributed by atoms with E-state index < -0.39 is 0 Å². The van der Waals surface area contributed by atoms with E-state index in [0.717, 1.165) is 25.3 Å². The molecule has 0 aromatic heterocycles. The van der Waals surface area contributed by atoms with Crippen LogP contribution in [0.3, 0.4) is 0 Å². The second kappa shape index (κ2) is 6.87. The van der Waals surface area contributed by atoms with Gasteiger partial charge in [0.05, 0.1) is 12.9 Å². The molecule has 0 aliphatic carbocycles. The monoisotopic (exact) mass is 206 g/mol. The maximum Gasteiger partial charge on any atom is 0.119 e. The number of hydrogen-bond acceptors (Lipinski definition) is 2. The highest BCUT2D eigenvalue weighted by Gasteiger charge is 1.90. The molecular weight excluding hydrogens is 188 g/mol. The van der Waals surface area contributed by atoms with E-state index >= 15 is 0 Å². The van der Waals surface area contributed by atoms with Crippen LogP contribution in [0.1, 0.15) is 6.42 Å². The highest BCUT2D eigenvalue weighted by molar-refractivity contribution is 5.53. The number of rotatable bonds is 6. The molecule has 0 unspecified atom stereocenters. The Hall–Kier alpha value is -1.51. The lowest BCUT2D eigenvalue weighted by Gasteiger charge is -2.05. The smallest absolute Gasteiger partial charge is 0.119 e. The Labute approximate surface area is 91.4 Å². The molecule has 3 heteroatoms. The Morgan fingerprint density at radius 3 is 2.67 bits per heavy atom. The molecule has 0 atom stereocenters. The zero-order valence-electron chi connectivity index (χ0n) is 9.39. The van der Waals surface area contributed by atoms with Crippen LogP contribution in [0.2, 0.25) is 0 Å². The standard InChI is InChI=1S/C12H18N2O/c1-14(2)11-13-9-6-10-15-12-7-4-3-5-8-12/h3-5,7-8,11H,6,9-10H2,1-2H3. The fraction of sp³-hybridized carbons (Fsp3) is 0.417. The van der Waals surface area contributed by atoms with E-state index in [-0.39, 0.29) is 0 Å². The minimum atomic E-state index is 0.717. The summed E-state index contributed by atoms with van der Waals surface area (Å²) in [5.41, 5.74) is 0. The predicted molar refractivity (Wildman–Crippen MR) is 63.6 cm³/mol. The van der Waals surface area contributed by atoms with Crippen LogP contribution >= 0.6 is 0 Å². The fourth-order valence-electron chi connectivity index (χ4n) is 1.08. The van der Waals surface area contributed by atoms with Gasteiger partial charge in [0.25, 0.3) is 0 Å². The summed E-state index contributed by atoms with van der Waals surface area (Å²) in [5.74, 6) is 0.925. The molecule has 1 aromatic carbocycles. The molecule has 82 valence electrons. The van der Waals surface area contributed by atoms with Gasteiger partial charge in [-0.1, -0.05) is 18.2 Å². The van der Waals surface area contributed by atoms with Gasteiger partial charge in [0.1, 0.15) is 5.75 Å². The van der Waals surface area contributed by atoms with Gasteiger partial charge in [-0.2, -0.15) is 0 Å². The van der Waals surface area contributed by atoms with Crippen molar-refractivity contribution in [2.75, 3.05) is 27.2 Å². The quantitative estimate of drug-likeness (QED) is 0.404. The topological polar surface area (TPSA) is 24.8 Å². The van der Waals surface area contributed by atoms with Gasteiger partial charge in [0.15, 0.2) is 0 Å². The molecule has 0 aliphatic rings. The molecule has 0 radical (unpaired) electrons. The van der Waals surface area contributed by atoms with Crippen molar-refractivity contribution in [3.05, 3.63) is 30.3 Å². The summed E-state index contributed by atoms with van der Waals surface area (Å²) in [5, 5.41) is 0. The first-order valence-electron chi connectivity index (χ1n) is 5.13. The van der Waals surface area contributed by atoms with Crippen molar-refractivity contribution in [2.45, 2.75) is 6.42 Å². The molecule has 1 aromatic rings. The van der Waals surface area contributed by atoms with Crippen molar-refractivity contribution in [3.63, 3.8) is 0 Å². The van der Waals surface area contributed by atoms with E-state index in [0.29, 0.717) is 0 Å². The summed E-state index contributed by atoms with van der Waals surface area (Å²) in [6.45, 7) is 1.53. The van der Waals surface area contributed by atoms with Gasteiger partial charge >= 0.3 is 0 Å². The largest absolute Gasteiger partial charge is 0.494 e. The molecule has 1 rings (SSSR count). The van der Waals surface area contributed by atoms with Gasteiger partial charge in [-0.25, -0.2) is 0 Å². The third-order valence-electron chi connectivity index (χ3n) is 1.76. The van der Waals surface area contributed by atoms with E-state index in [1.807, 2.05) is 55.7 Å². The Bertz CT molecular complexity index is 283. The van der Waals surface area contributed by atoms with Crippen molar-refractivity contribution in [1.82, 2.24) is 4.90 Å². The normalized spacial score (nSPS) is 10.5. The minimum absolute atomic E-state index is 0.717. The van der Waals surface area contributed by atoms with E-state index in [1.165, 1.54) is 0 Å². The molecule has 0 saturated heterocycles. The first-order chi connectivity index (χ1) is 7.29. The van der Waals surface area contributed by atoms with Crippen LogP contribution in [-0.2, 0) is 0 Å². The average Bonchev–Trinajstić information content (AvgIpc) is 2.24. The van der Waals surface area contributed by atoms with Gasteiger partial charge < -0.3 is 9.64 Å². The summed E-state index contributed by atoms with van der Waals surface area (Å²) in [7, 11) is 3.92. The van der Waals surface area contributed by atoms with E-state index in [9.17, 15) is 0 Å². The summed E-state index contributed by atoms with van der Waals surface area (Å²) in [6.07, 6.45) is 2.77. The lowest BCUT2D eigenvalue weighted by molar-refractivity contribution is 0.313. The lowest BCUT2D eigenvalue weighted by Crippen LogP contribution is -2.08. The zero-order chi connectivity index (χ0) is 10.9. The van der Waals surface area contributed by atoms with Crippen LogP contribution < -0.4 is 4.74 Å². The first-order valence-corrected chi connectivity index (χ1v) is 5.13. The van der Waals surface area contributed by atoms with Gasteiger partial charge in [-0.05, 0) is 12.1 Å². The third kappa shape index (κ3) is 5.73. The Balaban J connectivity index is 2.07. The lowest BCUT2D eigenvalue weighted by atomic mass is 10.3. The molecule has 0 amide bonds. The summed E-state index contributed by atoms with van der Waals surface area (Å²) in [4.78, 5) is 6.15. The molecule has 0 bridgehead atoms. The van der Waals surface area contributed by atoms with E-state index in [2.05, 4.69) is 4.99 Å². The highest BCUT2D eigenvalue weighted by atomic mass is 16.5. The third-order valence-corrected chi connectivity index (χ3v) is 1.76. The number of nitrogens with zero attached hydrogens (tertiary/aromatic N) is 2. The molecule has 3 nitrogen and oxygen atoms in total. The van der Waals surface area contributed by atoms with Gasteiger partial charge in [0.2, 0.25) is 0 Å². The molecule has 0 spiro atoms. The van der Waals surface area contributed by atoms with E-state index in [4.69, 9.17) is 4.74 Å². The van der Waals surface area contributed by atoms with Crippen molar-refractivity contribution in [2.24, 2.45) is 4.99 Å². The number of hydrogen-bond donors (Lipinski definition) is 0. The maximum absolute atomic E-state index is 5.53. The molecular formula is C12H18N2O. The molecule has 0 saturated carbocycles. The van der Waals surface area contributed by atoms with Crippen molar-refractivity contribution in [1.29, 1.82) is 0 Å². The summed E-state index contributed by atoms with van der Waals surface area (Å²) in [6, 6.07) is 9.85. The van der Waals surface area contributed by atoms with Gasteiger partial charge in [0, 0.05) is 27.1 Å². The van der Waals surface area contributed by atoms with Crippen LogP contribution in [0.25, 0.3) is 0 Å². The molecule has 15 heavy (non-hydrogen) atoms. The van der Waals surface area contributed by atoms with E-state index in [1.54, 1.807) is 0 Å². The number of benzene rings is 1. The second-order valence-corrected chi connectivity index (χ2v) is 3.50. The average molecular weight is 206 g/mol. The van der Waals surface area contributed by atoms with Crippen molar-refractivity contribution >= 4 is 6.34 Å². The van der Waals surface area contributed by atoms with Crippen molar-refractivity contribution in [3.8, 4) is 5.75 Å². The van der Waals surface area contributed by atoms with Crippen LogP contribution in [0.4, 0.5) is 0 Å². The minimum Gasteiger partial charge on any atom is -0.494 e. The number of ether oxygens (including phenoxy) is 1. The second-order valence-electron chi connectivity index (χ2n) is 3.50. The summed E-state index contributed by atoms with van der Waals surface area (Å²) >= 11 is 0. The van der Waals surface area contributed by atoms with Crippen LogP contribution in [-0.4, -0.2) is 38.5 Å². The van der Waals surface area contributed by atoms with Gasteiger partial charge in [-0.15, -0.1) is 0 Å². The SMILES string of the molecule is CN(C)C=NCCCOc1ccccc1. The maximum atomic E-state index is 5.53. The van der Waals surface area contributed by atoms with Crippen LogP contribution in [0, 0.1) is 0 Å². The Morgan fingerprint density at radius 1 is 1.27 bits per heavy atom. The van der Waals surface area contributed by atoms with Gasteiger partial charge in [-0.3, -0.25) is 4.99 Å². The van der Waals surface area contributed by atoms with Crippen molar-refractivity contribution < 1.29 is 4.74 Å². The fourth-order valence-corrected chi connectivity index (χ4v) is 1.08. The zero-order valence-corrected chi connectivity index (χ0v) is 9.39. The first kappa shape index (κ1) is 11.6. The Morgan fingerprint density at radius 2 is 2.00 bits per heavy atom. The summed E-state index contributed by atoms with van der Waals surface area (Å²) < 4.78 is 5.53. The Kier molecular flexibility index (Phi) is 5.30. The molecule has 0 heterocycles. The molecule has 0 fully saturated rings. The highest BCUT2D eigenvalue weighted by Crippen LogP contribution is 2.08. The van der Waals surface area contributed by atoms with Crippen LogP contribution in [0.15, 0.2) is 35.3 Å². The van der Waals surface area contributed by atoms with Crippen LogP contribution in [0.5, 0.6) is 5.75 Å². The number of aliphatic imine (C=N–C) groups is 1. The number of para-hydroxylation sites is 1. The molecule has 0 aliphatic heterocycles. The predicted octanol–water partition coefficient (Wildman–Crippen LogP) is 2.05. The molecule has 0 N–H and O–H groups in total.